The summed E-state index contributed by atoms with van der Waals surface area (Å²) in [6.45, 7) is 1.97. The molecule has 182 valence electrons. The number of hydrogen-bond acceptors (Lipinski definition) is 6. The molecule has 0 amide bonds. The van der Waals surface area contributed by atoms with Gasteiger partial charge in [0.05, 0.1) is 40.8 Å². The molecule has 0 saturated carbocycles. The normalized spacial score (nSPS) is 22.7. The van der Waals surface area contributed by atoms with Crippen molar-refractivity contribution >= 4 is 23.1 Å². The van der Waals surface area contributed by atoms with Crippen LogP contribution in [0, 0.1) is 0 Å². The van der Waals surface area contributed by atoms with Gasteiger partial charge in [-0.25, -0.2) is 4.98 Å². The Hall–Kier alpha value is -2.19. The van der Waals surface area contributed by atoms with E-state index in [0.29, 0.717) is 11.1 Å². The third-order valence-electron chi connectivity index (χ3n) is 7.77. The second-order valence-corrected chi connectivity index (χ2v) is 10.3. The maximum absolute atomic E-state index is 10.5. The van der Waals surface area contributed by atoms with E-state index in [9.17, 15) is 5.11 Å². The summed E-state index contributed by atoms with van der Waals surface area (Å²) in [5, 5.41) is 11.3. The molecule has 5 heterocycles. The molecule has 1 N–H and O–H groups in total. The summed E-state index contributed by atoms with van der Waals surface area (Å²) >= 11 is 6.52. The van der Waals surface area contributed by atoms with Gasteiger partial charge in [0, 0.05) is 25.3 Å². The number of anilines is 1. The van der Waals surface area contributed by atoms with Crippen LogP contribution in [-0.2, 0) is 6.61 Å². The number of nitrogens with zero attached hydrogens (tertiary/aromatic N) is 6. The van der Waals surface area contributed by atoms with Crippen LogP contribution in [0.4, 0.5) is 5.82 Å². The van der Waals surface area contributed by atoms with Crippen molar-refractivity contribution in [3.8, 4) is 0 Å². The van der Waals surface area contributed by atoms with Gasteiger partial charge >= 0.3 is 0 Å². The van der Waals surface area contributed by atoms with Gasteiger partial charge in [-0.2, -0.15) is 0 Å². The summed E-state index contributed by atoms with van der Waals surface area (Å²) in [5.41, 5.74) is 3.69. The molecule has 2 fully saturated rings. The van der Waals surface area contributed by atoms with Crippen molar-refractivity contribution in [2.45, 2.75) is 56.8 Å². The third-order valence-corrected chi connectivity index (χ3v) is 8.09. The summed E-state index contributed by atoms with van der Waals surface area (Å²) in [5.74, 6) is 1.13. The highest BCUT2D eigenvalue weighted by Gasteiger charge is 2.35. The first-order valence-electron chi connectivity index (χ1n) is 12.3. The maximum atomic E-state index is 10.5. The lowest BCUT2D eigenvalue weighted by molar-refractivity contribution is 0.108. The first kappa shape index (κ1) is 23.5. The number of piperidine rings is 2. The first-order valence-corrected chi connectivity index (χ1v) is 12.7. The van der Waals surface area contributed by atoms with Crippen LogP contribution in [0.3, 0.4) is 0 Å². The molecule has 0 aliphatic carbocycles. The Morgan fingerprint density at radius 3 is 2.44 bits per heavy atom. The smallest absolute Gasteiger partial charge is 0.138 e. The van der Waals surface area contributed by atoms with Crippen molar-refractivity contribution < 1.29 is 5.11 Å². The summed E-state index contributed by atoms with van der Waals surface area (Å²) in [6, 6.07) is 10.9. The largest absolute Gasteiger partial charge is 0.390 e. The summed E-state index contributed by atoms with van der Waals surface area (Å²) in [6.07, 6.45) is 7.16. The van der Waals surface area contributed by atoms with Crippen LogP contribution in [0.5, 0.6) is 0 Å². The van der Waals surface area contributed by atoms with Gasteiger partial charge in [-0.15, -0.1) is 0 Å². The number of pyridine rings is 2. The van der Waals surface area contributed by atoms with E-state index in [-0.39, 0.29) is 18.7 Å². The molecule has 0 spiro atoms. The van der Waals surface area contributed by atoms with Crippen LogP contribution in [0.15, 0.2) is 36.5 Å². The van der Waals surface area contributed by atoms with E-state index < -0.39 is 0 Å². The molecule has 3 aromatic heterocycles. The van der Waals surface area contributed by atoms with Gasteiger partial charge in [-0.1, -0.05) is 17.7 Å². The highest BCUT2D eigenvalue weighted by atomic mass is 35.5. The fourth-order valence-electron chi connectivity index (χ4n) is 5.86. The Morgan fingerprint density at radius 2 is 1.76 bits per heavy atom. The minimum absolute atomic E-state index is 0.0406. The van der Waals surface area contributed by atoms with E-state index in [1.54, 1.807) is 0 Å². The van der Waals surface area contributed by atoms with E-state index in [1.807, 2.05) is 18.3 Å². The number of aliphatic hydroxyl groups excluding tert-OH is 1. The zero-order valence-electron chi connectivity index (χ0n) is 20.4. The van der Waals surface area contributed by atoms with Gasteiger partial charge in [0.1, 0.15) is 11.5 Å². The lowest BCUT2D eigenvalue weighted by Crippen LogP contribution is -2.42. The minimum Gasteiger partial charge on any atom is -0.390 e. The molecule has 3 aromatic rings. The topological polar surface area (TPSA) is 60.1 Å². The number of hydrogen-bond donors (Lipinski definition) is 1. The molecule has 2 aliphatic heterocycles. The van der Waals surface area contributed by atoms with Crippen LogP contribution in [0.1, 0.15) is 61.3 Å². The van der Waals surface area contributed by atoms with E-state index >= 15 is 0 Å². The Balaban J connectivity index is 1.50. The Kier molecular flexibility index (Phi) is 6.80. The van der Waals surface area contributed by atoms with Gasteiger partial charge in [0.25, 0.3) is 0 Å². The van der Waals surface area contributed by atoms with Crippen LogP contribution in [0.2, 0.25) is 5.02 Å². The van der Waals surface area contributed by atoms with E-state index in [4.69, 9.17) is 16.6 Å². The lowest BCUT2D eigenvalue weighted by atomic mass is 9.91. The van der Waals surface area contributed by atoms with E-state index in [1.165, 1.54) is 0 Å². The zero-order chi connectivity index (χ0) is 23.8. The molecule has 0 aromatic carbocycles. The highest BCUT2D eigenvalue weighted by molar-refractivity contribution is 6.31. The number of halogens is 1. The predicted molar refractivity (Wildman–Crippen MR) is 136 cm³/mol. The van der Waals surface area contributed by atoms with Gasteiger partial charge in [0.15, 0.2) is 0 Å². The van der Waals surface area contributed by atoms with Crippen LogP contribution >= 0.6 is 11.6 Å². The third kappa shape index (κ3) is 4.19. The van der Waals surface area contributed by atoms with E-state index in [0.717, 1.165) is 73.7 Å². The average molecular weight is 483 g/mol. The van der Waals surface area contributed by atoms with Gasteiger partial charge in [0.2, 0.25) is 0 Å². The molecule has 2 unspecified atom stereocenters. The minimum atomic E-state index is -0.0406. The SMILES string of the molecule is CN(C)C1CCN(c2cccc3nc(C4CCCC(c5ncccc5Cl)N4C)c(CO)n23)CC1. The quantitative estimate of drug-likeness (QED) is 0.585. The number of likely N-dealkylation sites (tertiary alicyclic amines) is 1. The summed E-state index contributed by atoms with van der Waals surface area (Å²) in [7, 11) is 6.47. The Morgan fingerprint density at radius 1 is 1.03 bits per heavy atom. The molecule has 8 heteroatoms. The predicted octanol–water partition coefficient (Wildman–Crippen LogP) is 4.30. The van der Waals surface area contributed by atoms with Gasteiger partial charge in [-0.3, -0.25) is 14.3 Å². The molecule has 2 atom stereocenters. The Labute approximate surface area is 207 Å². The van der Waals surface area contributed by atoms with Crippen LogP contribution in [0.25, 0.3) is 5.65 Å². The van der Waals surface area contributed by atoms with Gasteiger partial charge < -0.3 is 14.9 Å². The lowest BCUT2D eigenvalue weighted by Gasteiger charge is -2.39. The number of fused-ring (bicyclic) bond motifs is 1. The molecule has 2 saturated heterocycles. The van der Waals surface area contributed by atoms with Gasteiger partial charge in [-0.05, 0) is 77.5 Å². The molecular formula is C26H35ClN6O. The summed E-state index contributed by atoms with van der Waals surface area (Å²) in [4.78, 5) is 16.8. The van der Waals surface area contributed by atoms with Crippen molar-refractivity contribution in [1.29, 1.82) is 0 Å². The number of aromatic nitrogens is 3. The molecule has 34 heavy (non-hydrogen) atoms. The molecule has 7 nitrogen and oxygen atoms in total. The number of imidazole rings is 1. The van der Waals surface area contributed by atoms with Crippen molar-refractivity contribution in [1.82, 2.24) is 24.2 Å². The van der Waals surface area contributed by atoms with Crippen molar-refractivity contribution in [3.05, 3.63) is 58.6 Å². The number of rotatable bonds is 5. The maximum Gasteiger partial charge on any atom is 0.138 e. The van der Waals surface area contributed by atoms with E-state index in [2.05, 4.69) is 63.4 Å². The van der Waals surface area contributed by atoms with Crippen molar-refractivity contribution in [2.24, 2.45) is 0 Å². The fourth-order valence-corrected chi connectivity index (χ4v) is 6.11. The second-order valence-electron chi connectivity index (χ2n) is 9.86. The number of aliphatic hydroxyl groups is 1. The van der Waals surface area contributed by atoms with Crippen molar-refractivity contribution in [2.75, 3.05) is 39.1 Å². The molecule has 2 aliphatic rings. The molecular weight excluding hydrogens is 448 g/mol. The fraction of sp³-hybridized carbons (Fsp3) is 0.538. The van der Waals surface area contributed by atoms with Crippen LogP contribution in [-0.4, -0.2) is 69.5 Å². The Bertz CT molecular complexity index is 1140. The van der Waals surface area contributed by atoms with Crippen LogP contribution < -0.4 is 4.90 Å². The van der Waals surface area contributed by atoms with Crippen molar-refractivity contribution in [3.63, 3.8) is 0 Å². The first-order chi connectivity index (χ1) is 16.5. The molecule has 0 bridgehead atoms. The average Bonchev–Trinajstić information content (AvgIpc) is 3.23. The second kappa shape index (κ2) is 9.82. The summed E-state index contributed by atoms with van der Waals surface area (Å²) < 4.78 is 2.18. The molecule has 0 radical (unpaired) electrons. The zero-order valence-corrected chi connectivity index (χ0v) is 21.1. The highest BCUT2D eigenvalue weighted by Crippen LogP contribution is 2.42. The molecule has 5 rings (SSSR count). The monoisotopic (exact) mass is 482 g/mol. The standard InChI is InChI=1S/C26H35ClN6O/c1-30(2)18-12-15-32(16-13-18)24-11-5-10-23-29-26(22(17-34)33(23)24)21-9-4-8-20(31(21)3)25-19(27)7-6-14-28-25/h5-7,10-11,14,18,20-21,34H,4,8-9,12-13,15-17H2,1-3H3.